The van der Waals surface area contributed by atoms with Gasteiger partial charge in [0.1, 0.15) is 11.6 Å². The van der Waals surface area contributed by atoms with Crippen LogP contribution in [0.25, 0.3) is 0 Å². The summed E-state index contributed by atoms with van der Waals surface area (Å²) in [5, 5.41) is 0. The molecule has 2 N–H and O–H groups in total. The van der Waals surface area contributed by atoms with Gasteiger partial charge in [-0.05, 0) is 25.2 Å². The van der Waals surface area contributed by atoms with Crippen LogP contribution in [0.15, 0.2) is 0 Å². The minimum Gasteiger partial charge on any atom is -0.461 e. The standard InChI is InChI=1S/C8H11NO2/c9-8-3-4-1-5(8)6(2-4)11-7(8)10/h4-6H,1-3,9H2/t4-,5-,6+,8+/m1/s1. The zero-order valence-corrected chi connectivity index (χ0v) is 6.25. The van der Waals surface area contributed by atoms with E-state index in [2.05, 4.69) is 0 Å². The molecule has 0 amide bonds. The molecule has 2 bridgehead atoms. The van der Waals surface area contributed by atoms with Gasteiger partial charge in [-0.3, -0.25) is 4.79 Å². The maximum absolute atomic E-state index is 11.3. The lowest BCUT2D eigenvalue weighted by Crippen LogP contribution is -2.48. The highest BCUT2D eigenvalue weighted by atomic mass is 16.6. The fraction of sp³-hybridized carbons (Fsp3) is 0.875. The molecule has 1 heterocycles. The smallest absolute Gasteiger partial charge is 0.326 e. The summed E-state index contributed by atoms with van der Waals surface area (Å²) < 4.78 is 5.18. The van der Waals surface area contributed by atoms with E-state index >= 15 is 0 Å². The molecule has 4 atom stereocenters. The number of hydrogen-bond donors (Lipinski definition) is 1. The number of hydrogen-bond acceptors (Lipinski definition) is 3. The van der Waals surface area contributed by atoms with E-state index in [9.17, 15) is 4.79 Å². The Kier molecular flexibility index (Phi) is 0.796. The number of rotatable bonds is 0. The van der Waals surface area contributed by atoms with Gasteiger partial charge in [-0.1, -0.05) is 0 Å². The summed E-state index contributed by atoms with van der Waals surface area (Å²) in [5.74, 6) is 0.869. The molecule has 3 aliphatic rings. The molecule has 3 fully saturated rings. The summed E-state index contributed by atoms with van der Waals surface area (Å²) >= 11 is 0. The van der Waals surface area contributed by atoms with Crippen molar-refractivity contribution >= 4 is 5.97 Å². The van der Waals surface area contributed by atoms with Gasteiger partial charge in [0.2, 0.25) is 0 Å². The van der Waals surface area contributed by atoms with Crippen LogP contribution in [0.1, 0.15) is 19.3 Å². The van der Waals surface area contributed by atoms with Crippen LogP contribution in [0.2, 0.25) is 0 Å². The summed E-state index contributed by atoms with van der Waals surface area (Å²) in [6, 6.07) is 0. The van der Waals surface area contributed by atoms with Crippen molar-refractivity contribution in [2.75, 3.05) is 0 Å². The molecule has 11 heavy (non-hydrogen) atoms. The number of carbonyl (C=O) groups excluding carboxylic acids is 1. The molecule has 1 saturated heterocycles. The van der Waals surface area contributed by atoms with Crippen LogP contribution in [0, 0.1) is 11.8 Å². The van der Waals surface area contributed by atoms with Gasteiger partial charge < -0.3 is 10.5 Å². The first kappa shape index (κ1) is 6.00. The molecule has 2 saturated carbocycles. The van der Waals surface area contributed by atoms with E-state index in [1.807, 2.05) is 0 Å². The molecule has 3 heteroatoms. The van der Waals surface area contributed by atoms with E-state index in [0.717, 1.165) is 19.3 Å². The average Bonchev–Trinajstić information content (AvgIpc) is 2.45. The van der Waals surface area contributed by atoms with Gasteiger partial charge in [-0.25, -0.2) is 0 Å². The first-order valence-corrected chi connectivity index (χ1v) is 4.20. The third-order valence-corrected chi connectivity index (χ3v) is 3.53. The van der Waals surface area contributed by atoms with Crippen LogP contribution < -0.4 is 5.73 Å². The number of nitrogens with two attached hydrogens (primary N) is 1. The van der Waals surface area contributed by atoms with Gasteiger partial charge >= 0.3 is 5.97 Å². The molecule has 0 aromatic heterocycles. The van der Waals surface area contributed by atoms with Crippen molar-refractivity contribution in [2.45, 2.75) is 30.9 Å². The summed E-state index contributed by atoms with van der Waals surface area (Å²) in [6.45, 7) is 0. The minimum absolute atomic E-state index is 0.146. The topological polar surface area (TPSA) is 52.3 Å². The maximum atomic E-state index is 11.3. The first-order valence-electron chi connectivity index (χ1n) is 4.20. The summed E-state index contributed by atoms with van der Waals surface area (Å²) in [5.41, 5.74) is 5.38. The van der Waals surface area contributed by atoms with Crippen molar-refractivity contribution in [1.29, 1.82) is 0 Å². The van der Waals surface area contributed by atoms with E-state index in [0.29, 0.717) is 11.8 Å². The van der Waals surface area contributed by atoms with E-state index in [-0.39, 0.29) is 12.1 Å². The Morgan fingerprint density at radius 3 is 2.91 bits per heavy atom. The minimum atomic E-state index is -0.576. The van der Waals surface area contributed by atoms with Crippen molar-refractivity contribution in [1.82, 2.24) is 0 Å². The Morgan fingerprint density at radius 2 is 2.36 bits per heavy atom. The molecule has 0 radical (unpaired) electrons. The zero-order valence-electron chi connectivity index (χ0n) is 6.25. The second-order valence-corrected chi connectivity index (χ2v) is 4.13. The van der Waals surface area contributed by atoms with Gasteiger partial charge in [0.15, 0.2) is 0 Å². The quantitative estimate of drug-likeness (QED) is 0.500. The summed E-state index contributed by atoms with van der Waals surface area (Å²) in [6.07, 6.45) is 3.22. The van der Waals surface area contributed by atoms with Crippen LogP contribution in [0.4, 0.5) is 0 Å². The molecular formula is C8H11NO2. The Bertz CT molecular complexity index is 240. The highest BCUT2D eigenvalue weighted by molar-refractivity contribution is 5.84. The van der Waals surface area contributed by atoms with Gasteiger partial charge in [0.05, 0.1) is 0 Å². The van der Waals surface area contributed by atoms with E-state index in [1.165, 1.54) is 0 Å². The lowest BCUT2D eigenvalue weighted by atomic mass is 9.83. The van der Waals surface area contributed by atoms with Crippen molar-refractivity contribution in [3.63, 3.8) is 0 Å². The van der Waals surface area contributed by atoms with Crippen molar-refractivity contribution < 1.29 is 9.53 Å². The fourth-order valence-electron chi connectivity index (χ4n) is 3.05. The molecule has 60 valence electrons. The fourth-order valence-corrected chi connectivity index (χ4v) is 3.05. The second-order valence-electron chi connectivity index (χ2n) is 4.13. The summed E-state index contributed by atoms with van der Waals surface area (Å²) in [4.78, 5) is 11.3. The van der Waals surface area contributed by atoms with E-state index in [4.69, 9.17) is 10.5 Å². The lowest BCUT2D eigenvalue weighted by molar-refractivity contribution is -0.144. The molecular weight excluding hydrogens is 142 g/mol. The zero-order chi connectivity index (χ0) is 7.64. The van der Waals surface area contributed by atoms with Crippen LogP contribution >= 0.6 is 0 Å². The Morgan fingerprint density at radius 1 is 1.55 bits per heavy atom. The molecule has 0 spiro atoms. The number of fused-ring (bicyclic) bond motifs is 1. The molecule has 0 unspecified atom stereocenters. The third-order valence-electron chi connectivity index (χ3n) is 3.53. The highest BCUT2D eigenvalue weighted by Gasteiger charge is 2.64. The predicted molar refractivity (Wildman–Crippen MR) is 37.6 cm³/mol. The Balaban J connectivity index is 2.11. The average molecular weight is 153 g/mol. The third kappa shape index (κ3) is 0.495. The van der Waals surface area contributed by atoms with Crippen LogP contribution in [0.5, 0.6) is 0 Å². The van der Waals surface area contributed by atoms with Crippen molar-refractivity contribution in [2.24, 2.45) is 17.6 Å². The lowest BCUT2D eigenvalue weighted by Gasteiger charge is -2.22. The van der Waals surface area contributed by atoms with E-state index in [1.54, 1.807) is 0 Å². The van der Waals surface area contributed by atoms with Crippen molar-refractivity contribution in [3.8, 4) is 0 Å². The largest absolute Gasteiger partial charge is 0.461 e. The van der Waals surface area contributed by atoms with Crippen LogP contribution in [0.3, 0.4) is 0 Å². The SMILES string of the molecule is N[C@]12C[C@H]3C[C@H](OC1=O)[C@H]2C3. The van der Waals surface area contributed by atoms with Gasteiger partial charge in [-0.2, -0.15) is 0 Å². The van der Waals surface area contributed by atoms with E-state index < -0.39 is 5.54 Å². The number of esters is 1. The first-order chi connectivity index (χ1) is 5.20. The van der Waals surface area contributed by atoms with Gasteiger partial charge in [0.25, 0.3) is 0 Å². The van der Waals surface area contributed by atoms with Crippen LogP contribution in [-0.4, -0.2) is 17.6 Å². The normalized spacial score (nSPS) is 58.6. The highest BCUT2D eigenvalue weighted by Crippen LogP contribution is 2.55. The van der Waals surface area contributed by atoms with Crippen molar-refractivity contribution in [3.05, 3.63) is 0 Å². The molecule has 0 aromatic rings. The second kappa shape index (κ2) is 1.46. The Labute approximate surface area is 64.9 Å². The number of carbonyl (C=O) groups is 1. The number of ether oxygens (including phenoxy) is 1. The molecule has 3 rings (SSSR count). The maximum Gasteiger partial charge on any atom is 0.326 e. The monoisotopic (exact) mass is 153 g/mol. The van der Waals surface area contributed by atoms with Gasteiger partial charge in [-0.15, -0.1) is 0 Å². The molecule has 0 aromatic carbocycles. The molecule has 2 aliphatic carbocycles. The molecule has 3 nitrogen and oxygen atoms in total. The Hall–Kier alpha value is -0.570. The van der Waals surface area contributed by atoms with Gasteiger partial charge in [0, 0.05) is 5.92 Å². The summed E-state index contributed by atoms with van der Waals surface area (Å²) in [7, 11) is 0. The molecule has 1 aliphatic heterocycles. The predicted octanol–water partition coefficient (Wildman–Crippen LogP) is 0.0392. The van der Waals surface area contributed by atoms with Crippen LogP contribution in [-0.2, 0) is 9.53 Å².